The molecule has 0 spiro atoms. The van der Waals surface area contributed by atoms with Crippen molar-refractivity contribution >= 4 is 28.9 Å². The van der Waals surface area contributed by atoms with Crippen LogP contribution in [-0.2, 0) is 11.2 Å². The summed E-state index contributed by atoms with van der Waals surface area (Å²) in [6.07, 6.45) is 0.0801. The summed E-state index contributed by atoms with van der Waals surface area (Å²) < 4.78 is 10.3. The van der Waals surface area contributed by atoms with Gasteiger partial charge in [0, 0.05) is 11.8 Å². The molecule has 0 aliphatic heterocycles. The maximum atomic E-state index is 12.1. The molecule has 24 heavy (non-hydrogen) atoms. The lowest BCUT2D eigenvalue weighted by Crippen LogP contribution is -2.14. The lowest BCUT2D eigenvalue weighted by molar-refractivity contribution is -0.384. The van der Waals surface area contributed by atoms with Crippen molar-refractivity contribution < 1.29 is 19.2 Å². The molecule has 0 aromatic heterocycles. The van der Waals surface area contributed by atoms with Crippen LogP contribution in [0.1, 0.15) is 5.56 Å². The van der Waals surface area contributed by atoms with Crippen LogP contribution >= 0.6 is 11.6 Å². The van der Waals surface area contributed by atoms with E-state index in [1.54, 1.807) is 18.2 Å². The van der Waals surface area contributed by atoms with Gasteiger partial charge in [0.15, 0.2) is 11.5 Å². The molecule has 0 aliphatic carbocycles. The van der Waals surface area contributed by atoms with Crippen LogP contribution < -0.4 is 14.8 Å². The highest BCUT2D eigenvalue weighted by atomic mass is 35.5. The molecule has 7 nitrogen and oxygen atoms in total. The Morgan fingerprint density at radius 1 is 1.17 bits per heavy atom. The van der Waals surface area contributed by atoms with Crippen LogP contribution in [0.3, 0.4) is 0 Å². The van der Waals surface area contributed by atoms with E-state index in [4.69, 9.17) is 21.1 Å². The van der Waals surface area contributed by atoms with Crippen LogP contribution in [0, 0.1) is 10.1 Å². The second-order valence-corrected chi connectivity index (χ2v) is 5.24. The first kappa shape index (κ1) is 17.6. The number of hydrogen-bond acceptors (Lipinski definition) is 5. The number of nitro groups is 1. The third kappa shape index (κ3) is 4.14. The van der Waals surface area contributed by atoms with Crippen LogP contribution in [0.15, 0.2) is 36.4 Å². The Morgan fingerprint density at radius 2 is 1.88 bits per heavy atom. The zero-order valence-corrected chi connectivity index (χ0v) is 13.8. The van der Waals surface area contributed by atoms with Gasteiger partial charge >= 0.3 is 0 Å². The number of rotatable bonds is 6. The zero-order valence-electron chi connectivity index (χ0n) is 13.0. The van der Waals surface area contributed by atoms with Crippen LogP contribution in [0.25, 0.3) is 0 Å². The van der Waals surface area contributed by atoms with Crippen molar-refractivity contribution in [3.8, 4) is 11.5 Å². The molecule has 0 atom stereocenters. The molecule has 126 valence electrons. The minimum atomic E-state index is -0.605. The molecule has 2 rings (SSSR count). The van der Waals surface area contributed by atoms with E-state index in [1.165, 1.54) is 32.4 Å². The fraction of sp³-hybridized carbons (Fsp3) is 0.188. The van der Waals surface area contributed by atoms with Crippen molar-refractivity contribution in [2.45, 2.75) is 6.42 Å². The molecule has 0 saturated carbocycles. The van der Waals surface area contributed by atoms with Crippen molar-refractivity contribution in [1.29, 1.82) is 0 Å². The van der Waals surface area contributed by atoms with Crippen molar-refractivity contribution in [3.05, 3.63) is 57.1 Å². The third-order valence-electron chi connectivity index (χ3n) is 3.24. The van der Waals surface area contributed by atoms with Gasteiger partial charge in [-0.1, -0.05) is 17.7 Å². The summed E-state index contributed by atoms with van der Waals surface area (Å²) in [6, 6.07) is 9.23. The Balaban J connectivity index is 2.11. The monoisotopic (exact) mass is 350 g/mol. The first-order valence-corrected chi connectivity index (χ1v) is 7.27. The Labute approximate surface area is 143 Å². The Morgan fingerprint density at radius 3 is 2.50 bits per heavy atom. The number of benzene rings is 2. The lowest BCUT2D eigenvalue weighted by Gasteiger charge is -2.10. The molecular weight excluding hydrogens is 336 g/mol. The van der Waals surface area contributed by atoms with Gasteiger partial charge in [0.25, 0.3) is 5.69 Å². The Bertz CT molecular complexity index is 779. The van der Waals surface area contributed by atoms with Crippen LogP contribution in [0.4, 0.5) is 11.4 Å². The van der Waals surface area contributed by atoms with Gasteiger partial charge in [-0.15, -0.1) is 0 Å². The highest BCUT2D eigenvalue weighted by Crippen LogP contribution is 2.29. The number of nitrogens with zero attached hydrogens (tertiary/aromatic N) is 1. The predicted octanol–water partition coefficient (Wildman–Crippen LogP) is 3.45. The number of ether oxygens (including phenoxy) is 2. The van der Waals surface area contributed by atoms with Crippen LogP contribution in [0.5, 0.6) is 11.5 Å². The maximum absolute atomic E-state index is 12.1. The van der Waals surface area contributed by atoms with Gasteiger partial charge in [-0.25, -0.2) is 0 Å². The number of carbonyl (C=O) groups is 1. The topological polar surface area (TPSA) is 90.7 Å². The van der Waals surface area contributed by atoms with E-state index in [2.05, 4.69) is 5.32 Å². The van der Waals surface area contributed by atoms with Gasteiger partial charge in [-0.2, -0.15) is 0 Å². The van der Waals surface area contributed by atoms with Crippen molar-refractivity contribution in [3.63, 3.8) is 0 Å². The fourth-order valence-corrected chi connectivity index (χ4v) is 2.30. The molecule has 0 fully saturated rings. The number of methoxy groups -OCH3 is 2. The molecule has 8 heteroatoms. The van der Waals surface area contributed by atoms with Gasteiger partial charge in [0.05, 0.1) is 25.6 Å². The number of nitro benzene ring substituents is 1. The van der Waals surface area contributed by atoms with Gasteiger partial charge in [-0.3, -0.25) is 14.9 Å². The van der Waals surface area contributed by atoms with E-state index in [9.17, 15) is 14.9 Å². The number of nitrogens with one attached hydrogen (secondary N) is 1. The van der Waals surface area contributed by atoms with E-state index < -0.39 is 4.92 Å². The summed E-state index contributed by atoms with van der Waals surface area (Å²) in [5.41, 5.74) is 0.755. The van der Waals surface area contributed by atoms with E-state index in [0.29, 0.717) is 22.7 Å². The average Bonchev–Trinajstić information content (AvgIpc) is 2.56. The second-order valence-electron chi connectivity index (χ2n) is 4.84. The molecule has 0 saturated heterocycles. The summed E-state index contributed by atoms with van der Waals surface area (Å²) in [6.45, 7) is 0. The largest absolute Gasteiger partial charge is 0.493 e. The molecule has 0 unspecified atom stereocenters. The normalized spacial score (nSPS) is 10.1. The summed E-state index contributed by atoms with van der Waals surface area (Å²) in [4.78, 5) is 22.4. The highest BCUT2D eigenvalue weighted by Gasteiger charge is 2.14. The third-order valence-corrected chi connectivity index (χ3v) is 3.56. The van der Waals surface area contributed by atoms with E-state index in [1.807, 2.05) is 0 Å². The predicted molar refractivity (Wildman–Crippen MR) is 90.0 cm³/mol. The molecule has 0 aliphatic rings. The average molecular weight is 351 g/mol. The minimum absolute atomic E-state index is 0.0119. The SMILES string of the molecule is COc1ccc(CC(=O)Nc2ccc(Cl)c([N+](=O)[O-])c2)cc1OC. The summed E-state index contributed by atoms with van der Waals surface area (Å²) in [5.74, 6) is 0.763. The van der Waals surface area contributed by atoms with Gasteiger partial charge in [0.1, 0.15) is 5.02 Å². The van der Waals surface area contributed by atoms with Crippen LogP contribution in [0.2, 0.25) is 5.02 Å². The number of anilines is 1. The first-order chi connectivity index (χ1) is 11.4. The van der Waals surface area contributed by atoms with Gasteiger partial charge in [-0.05, 0) is 29.8 Å². The fourth-order valence-electron chi connectivity index (χ4n) is 2.11. The van der Waals surface area contributed by atoms with Gasteiger partial charge < -0.3 is 14.8 Å². The molecule has 0 heterocycles. The molecule has 0 radical (unpaired) electrons. The highest BCUT2D eigenvalue weighted by molar-refractivity contribution is 6.32. The molecule has 1 amide bonds. The smallest absolute Gasteiger partial charge is 0.289 e. The van der Waals surface area contributed by atoms with Crippen LogP contribution in [-0.4, -0.2) is 25.1 Å². The van der Waals surface area contributed by atoms with E-state index >= 15 is 0 Å². The van der Waals surface area contributed by atoms with E-state index in [0.717, 1.165) is 0 Å². The quantitative estimate of drug-likeness (QED) is 0.636. The summed E-state index contributed by atoms with van der Waals surface area (Å²) >= 11 is 5.74. The van der Waals surface area contributed by atoms with Crippen molar-refractivity contribution in [1.82, 2.24) is 0 Å². The zero-order chi connectivity index (χ0) is 17.7. The molecule has 2 aromatic carbocycles. The molecule has 1 N–H and O–H groups in total. The van der Waals surface area contributed by atoms with Crippen molar-refractivity contribution in [2.75, 3.05) is 19.5 Å². The first-order valence-electron chi connectivity index (χ1n) is 6.89. The standard InChI is InChI=1S/C16H15ClN2O5/c1-23-14-6-3-10(7-15(14)24-2)8-16(20)18-11-4-5-12(17)13(9-11)19(21)22/h3-7,9H,8H2,1-2H3,(H,18,20). The minimum Gasteiger partial charge on any atom is -0.493 e. The summed E-state index contributed by atoms with van der Waals surface area (Å²) in [5, 5.41) is 13.5. The second kappa shape index (κ2) is 7.65. The van der Waals surface area contributed by atoms with Gasteiger partial charge in [0.2, 0.25) is 5.91 Å². The number of amides is 1. The van der Waals surface area contributed by atoms with E-state index in [-0.39, 0.29) is 23.0 Å². The number of hydrogen-bond donors (Lipinski definition) is 1. The Kier molecular flexibility index (Phi) is 5.59. The molecule has 2 aromatic rings. The molecule has 0 bridgehead atoms. The number of carbonyl (C=O) groups excluding carboxylic acids is 1. The maximum Gasteiger partial charge on any atom is 0.289 e. The molecular formula is C16H15ClN2O5. The number of halogens is 1. The van der Waals surface area contributed by atoms with Crippen molar-refractivity contribution in [2.24, 2.45) is 0 Å². The summed E-state index contributed by atoms with van der Waals surface area (Å²) in [7, 11) is 3.03. The lowest BCUT2D eigenvalue weighted by atomic mass is 10.1. The Hall–Kier alpha value is -2.80.